The van der Waals surface area contributed by atoms with Crippen LogP contribution in [0.15, 0.2) is 30.3 Å². The second-order valence-electron chi connectivity index (χ2n) is 4.58. The van der Waals surface area contributed by atoms with Gasteiger partial charge in [0.15, 0.2) is 0 Å². The van der Waals surface area contributed by atoms with Crippen LogP contribution in [-0.2, 0) is 0 Å². The molecule has 21 heavy (non-hydrogen) atoms. The Bertz CT molecular complexity index is 644. The van der Waals surface area contributed by atoms with Crippen LogP contribution in [0.3, 0.4) is 0 Å². The summed E-state index contributed by atoms with van der Waals surface area (Å²) in [7, 11) is 1.60. The maximum Gasteiger partial charge on any atom is 0.144 e. The largest absolute Gasteiger partial charge is 0.495 e. The van der Waals surface area contributed by atoms with E-state index in [0.29, 0.717) is 28.8 Å². The van der Waals surface area contributed by atoms with Gasteiger partial charge in [0, 0.05) is 11.1 Å². The van der Waals surface area contributed by atoms with Crippen molar-refractivity contribution in [1.29, 1.82) is 0 Å². The second kappa shape index (κ2) is 6.59. The Morgan fingerprint density at radius 3 is 2.62 bits per heavy atom. The second-order valence-corrected chi connectivity index (χ2v) is 4.98. The summed E-state index contributed by atoms with van der Waals surface area (Å²) in [6.45, 7) is 4.43. The lowest BCUT2D eigenvalue weighted by atomic mass is 10.2. The Kier molecular flexibility index (Phi) is 4.81. The van der Waals surface area contributed by atoms with Crippen LogP contribution in [-0.4, -0.2) is 13.7 Å². The lowest BCUT2D eigenvalue weighted by molar-refractivity contribution is 0.342. The van der Waals surface area contributed by atoms with Crippen molar-refractivity contribution in [2.45, 2.75) is 13.8 Å². The minimum atomic E-state index is 0.564. The number of rotatable bonds is 5. The number of hydrogen-bond acceptors (Lipinski definition) is 4. The molecule has 0 spiro atoms. The molecule has 0 bridgehead atoms. The molecule has 0 aromatic heterocycles. The molecule has 0 aliphatic rings. The number of nitrogens with two attached hydrogens (primary N) is 1. The molecule has 3 N–H and O–H groups in total. The summed E-state index contributed by atoms with van der Waals surface area (Å²) in [6, 6.07) is 9.32. The summed E-state index contributed by atoms with van der Waals surface area (Å²) < 4.78 is 10.8. The van der Waals surface area contributed by atoms with E-state index >= 15 is 0 Å². The predicted octanol–water partition coefficient (Wildman–Crippen LogP) is 4.38. The maximum atomic E-state index is 6.12. The van der Waals surface area contributed by atoms with E-state index in [9.17, 15) is 0 Å². The van der Waals surface area contributed by atoms with Gasteiger partial charge in [0.2, 0.25) is 0 Å². The monoisotopic (exact) mass is 306 g/mol. The fourth-order valence-electron chi connectivity index (χ4n) is 2.01. The predicted molar refractivity (Wildman–Crippen MR) is 88.0 cm³/mol. The smallest absolute Gasteiger partial charge is 0.144 e. The van der Waals surface area contributed by atoms with Crippen LogP contribution < -0.4 is 20.5 Å². The van der Waals surface area contributed by atoms with E-state index in [1.54, 1.807) is 13.2 Å². The summed E-state index contributed by atoms with van der Waals surface area (Å²) >= 11 is 6.11. The number of anilines is 3. The van der Waals surface area contributed by atoms with Gasteiger partial charge in [0.25, 0.3) is 0 Å². The third-order valence-corrected chi connectivity index (χ3v) is 3.52. The van der Waals surface area contributed by atoms with Crippen molar-refractivity contribution in [2.75, 3.05) is 24.8 Å². The van der Waals surface area contributed by atoms with Crippen LogP contribution in [0.5, 0.6) is 11.5 Å². The van der Waals surface area contributed by atoms with Crippen molar-refractivity contribution in [3.63, 3.8) is 0 Å². The summed E-state index contributed by atoms with van der Waals surface area (Å²) in [5.41, 5.74) is 9.21. The fraction of sp³-hybridized carbons (Fsp3) is 0.250. The molecule has 4 nitrogen and oxygen atoms in total. The summed E-state index contributed by atoms with van der Waals surface area (Å²) in [4.78, 5) is 0. The van der Waals surface area contributed by atoms with Gasteiger partial charge in [-0.3, -0.25) is 0 Å². The van der Waals surface area contributed by atoms with Gasteiger partial charge >= 0.3 is 0 Å². The molecule has 112 valence electrons. The number of benzene rings is 2. The Hall–Kier alpha value is -2.07. The highest BCUT2D eigenvalue weighted by molar-refractivity contribution is 6.31. The Morgan fingerprint density at radius 2 is 1.95 bits per heavy atom. The molecule has 0 saturated heterocycles. The van der Waals surface area contributed by atoms with Crippen LogP contribution in [0.4, 0.5) is 17.1 Å². The number of nitrogen functional groups attached to an aromatic ring is 1. The molecule has 0 amide bonds. The summed E-state index contributed by atoms with van der Waals surface area (Å²) in [5.74, 6) is 1.32. The first kappa shape index (κ1) is 15.3. The Morgan fingerprint density at radius 1 is 1.19 bits per heavy atom. The number of methoxy groups -OCH3 is 1. The summed E-state index contributed by atoms with van der Waals surface area (Å²) in [6.07, 6.45) is 0. The molecule has 0 atom stereocenters. The van der Waals surface area contributed by atoms with Gasteiger partial charge in [-0.05, 0) is 37.6 Å². The highest BCUT2D eigenvalue weighted by Crippen LogP contribution is 2.36. The molecule has 5 heteroatoms. The number of hydrogen-bond donors (Lipinski definition) is 2. The zero-order valence-electron chi connectivity index (χ0n) is 12.4. The van der Waals surface area contributed by atoms with Gasteiger partial charge in [-0.15, -0.1) is 0 Å². The molecule has 0 unspecified atom stereocenters. The van der Waals surface area contributed by atoms with Crippen molar-refractivity contribution in [2.24, 2.45) is 0 Å². The van der Waals surface area contributed by atoms with E-state index in [1.165, 1.54) is 0 Å². The number of para-hydroxylation sites is 1. The van der Waals surface area contributed by atoms with Gasteiger partial charge in [0.05, 0.1) is 30.8 Å². The molecular formula is C16H19ClN2O2. The van der Waals surface area contributed by atoms with Gasteiger partial charge in [0.1, 0.15) is 11.5 Å². The lowest BCUT2D eigenvalue weighted by Gasteiger charge is -2.16. The van der Waals surface area contributed by atoms with Crippen molar-refractivity contribution in [3.05, 3.63) is 40.9 Å². The molecule has 0 aliphatic heterocycles. The van der Waals surface area contributed by atoms with Gasteiger partial charge in [-0.1, -0.05) is 17.7 Å². The SMILES string of the molecule is CCOc1cccc(Nc2cc(C)c(Cl)cc2OC)c1N. The van der Waals surface area contributed by atoms with Crippen LogP contribution in [0.1, 0.15) is 12.5 Å². The van der Waals surface area contributed by atoms with Crippen LogP contribution in [0.25, 0.3) is 0 Å². The third-order valence-electron chi connectivity index (χ3n) is 3.12. The first-order valence-corrected chi connectivity index (χ1v) is 7.07. The normalized spacial score (nSPS) is 10.3. The van der Waals surface area contributed by atoms with Crippen molar-refractivity contribution in [1.82, 2.24) is 0 Å². The van der Waals surface area contributed by atoms with E-state index in [-0.39, 0.29) is 0 Å². The molecule has 0 radical (unpaired) electrons. The fourth-order valence-corrected chi connectivity index (χ4v) is 2.16. The van der Waals surface area contributed by atoms with Crippen molar-refractivity contribution < 1.29 is 9.47 Å². The summed E-state index contributed by atoms with van der Waals surface area (Å²) in [5, 5.41) is 3.93. The Balaban J connectivity index is 2.38. The van der Waals surface area contributed by atoms with Gasteiger partial charge in [-0.2, -0.15) is 0 Å². The zero-order chi connectivity index (χ0) is 15.4. The molecule has 0 aliphatic carbocycles. The van der Waals surface area contributed by atoms with Crippen molar-refractivity contribution >= 4 is 28.7 Å². The van der Waals surface area contributed by atoms with E-state index in [4.69, 9.17) is 26.8 Å². The Labute approximate surface area is 129 Å². The molecule has 0 heterocycles. The highest BCUT2D eigenvalue weighted by atomic mass is 35.5. The molecule has 2 rings (SSSR count). The molecule has 0 saturated carbocycles. The van der Waals surface area contributed by atoms with Crippen LogP contribution in [0, 0.1) is 6.92 Å². The van der Waals surface area contributed by atoms with Gasteiger partial charge < -0.3 is 20.5 Å². The minimum Gasteiger partial charge on any atom is -0.495 e. The van der Waals surface area contributed by atoms with E-state index in [0.717, 1.165) is 16.9 Å². The number of halogens is 1. The lowest BCUT2D eigenvalue weighted by Crippen LogP contribution is -2.02. The first-order chi connectivity index (χ1) is 10.1. The first-order valence-electron chi connectivity index (χ1n) is 6.69. The zero-order valence-corrected chi connectivity index (χ0v) is 13.1. The molecular weight excluding hydrogens is 288 g/mol. The average molecular weight is 307 g/mol. The number of aryl methyl sites for hydroxylation is 1. The number of nitrogens with one attached hydrogen (secondary N) is 1. The molecule has 2 aromatic rings. The minimum absolute atomic E-state index is 0.564. The average Bonchev–Trinajstić information content (AvgIpc) is 2.47. The van der Waals surface area contributed by atoms with E-state index in [1.807, 2.05) is 38.1 Å². The van der Waals surface area contributed by atoms with Crippen LogP contribution >= 0.6 is 11.6 Å². The van der Waals surface area contributed by atoms with Gasteiger partial charge in [-0.25, -0.2) is 0 Å². The molecule has 2 aromatic carbocycles. The van der Waals surface area contributed by atoms with E-state index in [2.05, 4.69) is 5.32 Å². The topological polar surface area (TPSA) is 56.5 Å². The third kappa shape index (κ3) is 3.34. The number of ether oxygens (including phenoxy) is 2. The van der Waals surface area contributed by atoms with Crippen molar-refractivity contribution in [3.8, 4) is 11.5 Å². The maximum absolute atomic E-state index is 6.12. The molecule has 0 fully saturated rings. The highest BCUT2D eigenvalue weighted by Gasteiger charge is 2.11. The van der Waals surface area contributed by atoms with E-state index < -0.39 is 0 Å². The van der Waals surface area contributed by atoms with Crippen LogP contribution in [0.2, 0.25) is 5.02 Å². The quantitative estimate of drug-likeness (QED) is 0.805. The standard InChI is InChI=1S/C16H19ClN2O2/c1-4-21-14-7-5-6-12(16(14)18)19-13-8-10(2)11(17)9-15(13)20-3/h5-9,19H,4,18H2,1-3H3.